The fraction of sp³-hybridized carbons (Fsp3) is 0.250. The van der Waals surface area contributed by atoms with Gasteiger partial charge in [-0.25, -0.2) is 4.98 Å². The first kappa shape index (κ1) is 33.6. The SMILES string of the molecule is CCCCCCc1cc(CCCCCC)cc(-c2cccc3nc(-c4ccc5c(c4)C4(c6ccccc6-c6ccccc64)c4ccccc4-5)ccc23)c1. The maximum absolute atomic E-state index is 5.39. The van der Waals surface area contributed by atoms with Crippen molar-refractivity contribution in [2.24, 2.45) is 0 Å². The Balaban J connectivity index is 1.13. The average molecular weight is 688 g/mol. The lowest BCUT2D eigenvalue weighted by atomic mass is 9.70. The molecule has 1 heteroatoms. The number of aryl methyl sites for hydroxylation is 2. The summed E-state index contributed by atoms with van der Waals surface area (Å²) in [5.41, 5.74) is 19.2. The molecule has 1 heterocycles. The second-order valence-corrected chi connectivity index (χ2v) is 15.4. The second kappa shape index (κ2) is 14.3. The van der Waals surface area contributed by atoms with Gasteiger partial charge in [-0.3, -0.25) is 0 Å². The van der Waals surface area contributed by atoms with Crippen molar-refractivity contribution in [2.75, 3.05) is 0 Å². The van der Waals surface area contributed by atoms with Gasteiger partial charge in [-0.1, -0.05) is 174 Å². The molecule has 53 heavy (non-hydrogen) atoms. The standard InChI is InChI=1S/C52H49N/c1-3-5-7-9-18-36-32-37(19-10-8-6-4-2)34-39(33-36)40-23-17-27-51-45(40)30-31-50(53-51)38-28-29-44-43-22-13-16-26-48(43)52(49(44)35-38)46-24-14-11-20-41(46)42-21-12-15-25-47(42)52/h11-17,20-35H,3-10,18-19H2,1-2H3. The van der Waals surface area contributed by atoms with Gasteiger partial charge in [0.15, 0.2) is 0 Å². The highest BCUT2D eigenvalue weighted by atomic mass is 14.7. The van der Waals surface area contributed by atoms with Gasteiger partial charge < -0.3 is 0 Å². The molecule has 0 fully saturated rings. The first-order chi connectivity index (χ1) is 26.2. The quantitative estimate of drug-likeness (QED) is 0.117. The fourth-order valence-corrected chi connectivity index (χ4v) is 9.54. The molecule has 0 N–H and O–H groups in total. The molecule has 0 bridgehead atoms. The van der Waals surface area contributed by atoms with Gasteiger partial charge in [0.25, 0.3) is 0 Å². The molecule has 0 saturated carbocycles. The van der Waals surface area contributed by atoms with E-state index in [9.17, 15) is 0 Å². The molecular weight excluding hydrogens is 639 g/mol. The Hall–Kier alpha value is -5.27. The van der Waals surface area contributed by atoms with E-state index in [1.54, 1.807) is 0 Å². The van der Waals surface area contributed by atoms with Crippen LogP contribution >= 0.6 is 0 Å². The number of rotatable bonds is 12. The summed E-state index contributed by atoms with van der Waals surface area (Å²) in [5, 5.41) is 1.22. The summed E-state index contributed by atoms with van der Waals surface area (Å²) in [4.78, 5) is 5.39. The predicted molar refractivity (Wildman–Crippen MR) is 225 cm³/mol. The molecule has 7 aromatic rings. The van der Waals surface area contributed by atoms with Crippen LogP contribution in [0.4, 0.5) is 0 Å². The lowest BCUT2D eigenvalue weighted by Crippen LogP contribution is -2.25. The zero-order chi connectivity index (χ0) is 35.8. The number of unbranched alkanes of at least 4 members (excludes halogenated alkanes) is 6. The molecule has 2 aliphatic rings. The highest BCUT2D eigenvalue weighted by Gasteiger charge is 2.51. The van der Waals surface area contributed by atoms with E-state index < -0.39 is 0 Å². The fourth-order valence-electron chi connectivity index (χ4n) is 9.54. The molecule has 0 aliphatic heterocycles. The van der Waals surface area contributed by atoms with Crippen LogP contribution in [-0.4, -0.2) is 4.98 Å². The molecule has 1 aromatic heterocycles. The average Bonchev–Trinajstić information content (AvgIpc) is 3.68. The van der Waals surface area contributed by atoms with E-state index in [1.807, 2.05) is 0 Å². The third-order valence-electron chi connectivity index (χ3n) is 12.0. The smallest absolute Gasteiger partial charge is 0.0725 e. The van der Waals surface area contributed by atoms with E-state index in [-0.39, 0.29) is 5.41 Å². The van der Waals surface area contributed by atoms with Crippen LogP contribution in [0.15, 0.2) is 140 Å². The van der Waals surface area contributed by atoms with Crippen LogP contribution in [0.2, 0.25) is 0 Å². The number of fused-ring (bicyclic) bond motifs is 11. The number of hydrogen-bond donors (Lipinski definition) is 0. The van der Waals surface area contributed by atoms with Crippen molar-refractivity contribution in [1.29, 1.82) is 0 Å². The lowest BCUT2D eigenvalue weighted by molar-refractivity contribution is 0.661. The van der Waals surface area contributed by atoms with Crippen molar-refractivity contribution < 1.29 is 0 Å². The first-order valence-corrected chi connectivity index (χ1v) is 20.2. The van der Waals surface area contributed by atoms with E-state index in [0.717, 1.165) is 29.6 Å². The van der Waals surface area contributed by atoms with Gasteiger partial charge in [0.05, 0.1) is 16.6 Å². The Morgan fingerprint density at radius 3 is 1.55 bits per heavy atom. The van der Waals surface area contributed by atoms with Crippen molar-refractivity contribution in [1.82, 2.24) is 4.98 Å². The van der Waals surface area contributed by atoms with Crippen LogP contribution < -0.4 is 0 Å². The number of hydrogen-bond acceptors (Lipinski definition) is 1. The molecule has 0 amide bonds. The molecule has 2 aliphatic carbocycles. The Labute approximate surface area is 315 Å². The summed E-state index contributed by atoms with van der Waals surface area (Å²) >= 11 is 0. The summed E-state index contributed by atoms with van der Waals surface area (Å²) in [5.74, 6) is 0. The molecule has 262 valence electrons. The van der Waals surface area contributed by atoms with Crippen LogP contribution in [0.25, 0.3) is 55.5 Å². The van der Waals surface area contributed by atoms with Crippen molar-refractivity contribution in [3.05, 3.63) is 173 Å². The van der Waals surface area contributed by atoms with Crippen LogP contribution in [0.3, 0.4) is 0 Å². The number of benzene rings is 6. The van der Waals surface area contributed by atoms with E-state index in [2.05, 4.69) is 153 Å². The minimum absolute atomic E-state index is 0.352. The largest absolute Gasteiger partial charge is 0.248 e. The molecule has 0 saturated heterocycles. The number of aromatic nitrogens is 1. The third kappa shape index (κ3) is 5.73. The van der Waals surface area contributed by atoms with Gasteiger partial charge in [-0.15, -0.1) is 0 Å². The van der Waals surface area contributed by atoms with E-state index >= 15 is 0 Å². The van der Waals surface area contributed by atoms with E-state index in [1.165, 1.54) is 124 Å². The molecule has 9 rings (SSSR count). The van der Waals surface area contributed by atoms with E-state index in [0.29, 0.717) is 0 Å². The van der Waals surface area contributed by atoms with Crippen LogP contribution in [0.1, 0.15) is 98.6 Å². The maximum Gasteiger partial charge on any atom is 0.0725 e. The van der Waals surface area contributed by atoms with Gasteiger partial charge in [0, 0.05) is 10.9 Å². The van der Waals surface area contributed by atoms with Crippen LogP contribution in [-0.2, 0) is 18.3 Å². The summed E-state index contributed by atoms with van der Waals surface area (Å²) in [6.07, 6.45) is 12.6. The minimum Gasteiger partial charge on any atom is -0.248 e. The summed E-state index contributed by atoms with van der Waals surface area (Å²) in [6.45, 7) is 4.59. The second-order valence-electron chi connectivity index (χ2n) is 15.4. The van der Waals surface area contributed by atoms with Crippen LogP contribution in [0.5, 0.6) is 0 Å². The Bertz CT molecular complexity index is 2350. The Kier molecular flexibility index (Phi) is 9.04. The van der Waals surface area contributed by atoms with Crippen LogP contribution in [0, 0.1) is 0 Å². The van der Waals surface area contributed by atoms with Crippen molar-refractivity contribution in [3.63, 3.8) is 0 Å². The van der Waals surface area contributed by atoms with Gasteiger partial charge in [-0.05, 0) is 111 Å². The monoisotopic (exact) mass is 687 g/mol. The highest BCUT2D eigenvalue weighted by Crippen LogP contribution is 2.63. The van der Waals surface area contributed by atoms with E-state index in [4.69, 9.17) is 4.98 Å². The molecule has 0 radical (unpaired) electrons. The van der Waals surface area contributed by atoms with Gasteiger partial charge >= 0.3 is 0 Å². The molecule has 0 unspecified atom stereocenters. The zero-order valence-electron chi connectivity index (χ0n) is 31.3. The normalized spacial score (nSPS) is 13.2. The maximum atomic E-state index is 5.39. The number of pyridine rings is 1. The lowest BCUT2D eigenvalue weighted by Gasteiger charge is -2.30. The predicted octanol–water partition coefficient (Wildman–Crippen LogP) is 14.2. The molecule has 0 atom stereocenters. The topological polar surface area (TPSA) is 12.9 Å². The Morgan fingerprint density at radius 1 is 0.415 bits per heavy atom. The molecule has 1 spiro atoms. The molecule has 1 nitrogen and oxygen atoms in total. The highest BCUT2D eigenvalue weighted by molar-refractivity contribution is 5.98. The summed E-state index contributed by atoms with van der Waals surface area (Å²) < 4.78 is 0. The third-order valence-corrected chi connectivity index (χ3v) is 12.0. The summed E-state index contributed by atoms with van der Waals surface area (Å²) in [7, 11) is 0. The zero-order valence-corrected chi connectivity index (χ0v) is 31.3. The molecular formula is C52H49N. The van der Waals surface area contributed by atoms with Crippen molar-refractivity contribution in [3.8, 4) is 44.6 Å². The van der Waals surface area contributed by atoms with Gasteiger partial charge in [0.1, 0.15) is 0 Å². The van der Waals surface area contributed by atoms with Gasteiger partial charge in [0.2, 0.25) is 0 Å². The number of nitrogens with zero attached hydrogens (tertiary/aromatic N) is 1. The minimum atomic E-state index is -0.352. The van der Waals surface area contributed by atoms with Crippen molar-refractivity contribution in [2.45, 2.75) is 83.5 Å². The van der Waals surface area contributed by atoms with Gasteiger partial charge in [-0.2, -0.15) is 0 Å². The molecule has 6 aromatic carbocycles. The Morgan fingerprint density at radius 2 is 0.962 bits per heavy atom. The summed E-state index contributed by atoms with van der Waals surface area (Å²) in [6, 6.07) is 52.8. The first-order valence-electron chi connectivity index (χ1n) is 20.2. The van der Waals surface area contributed by atoms with Crippen molar-refractivity contribution >= 4 is 10.9 Å².